The summed E-state index contributed by atoms with van der Waals surface area (Å²) in [7, 11) is 5.99. The van der Waals surface area contributed by atoms with Gasteiger partial charge >= 0.3 is 12.1 Å². The number of hydrogen-bond donors (Lipinski definition) is 16. The van der Waals surface area contributed by atoms with Crippen molar-refractivity contribution in [2.45, 2.75) is 243 Å². The van der Waals surface area contributed by atoms with Gasteiger partial charge in [0.05, 0.1) is 74.5 Å². The fourth-order valence-corrected chi connectivity index (χ4v) is 15.1. The molecule has 5 unspecified atom stereocenters. The smallest absolute Gasteiger partial charge is 0.410 e. The Labute approximate surface area is 682 Å². The second-order valence-corrected chi connectivity index (χ2v) is 31.5. The highest BCUT2D eigenvalue weighted by Crippen LogP contribution is 2.38. The van der Waals surface area contributed by atoms with Gasteiger partial charge in [0.15, 0.2) is 18.3 Å². The van der Waals surface area contributed by atoms with Crippen molar-refractivity contribution in [1.29, 1.82) is 0 Å². The number of benzene rings is 2. The second-order valence-electron chi connectivity index (χ2n) is 31.5. The van der Waals surface area contributed by atoms with E-state index in [1.165, 1.54) is 38.3 Å². The third-order valence-electron chi connectivity index (χ3n) is 21.9. The quantitative estimate of drug-likeness (QED) is 0.0343. The summed E-state index contributed by atoms with van der Waals surface area (Å²) in [5.41, 5.74) is 6.62. The van der Waals surface area contributed by atoms with Gasteiger partial charge in [-0.25, -0.2) is 14.6 Å². The van der Waals surface area contributed by atoms with Gasteiger partial charge in [0.25, 0.3) is 5.91 Å². The predicted molar refractivity (Wildman–Crippen MR) is 423 cm³/mol. The zero-order valence-corrected chi connectivity index (χ0v) is 69.4. The number of carbonyl (C=O) groups is 12. The first-order chi connectivity index (χ1) is 55.3. The lowest BCUT2D eigenvalue weighted by atomic mass is 9.80. The SMILES string of the molecule is CC[C@H](C)[C@@H]([C@@H](CC(=O)N1CCC[C@@H]1[C@H](OC)[C@@H](C)C(=O)N[C@H](C)[C@@H](O)c1ccccc1)OC)N(C)C(=O)[C@@H](NC(=O)[C@H](C(C)C)N(C)C(=O)OCc1ccc(NC(=O)C(CCCNC(N)=O)NC(=O)[C@@H](NC(=O)CNC(=O)CNC(=O)CNC(=O)C2O[C@@H](O[C@@H]3C(CO)C[C@@H]4OC(C)=NC4[C@H]3O)C(O)[C@@H](O)[C@@H]2O)C(C)C)cc1)C(C)C. The Morgan fingerprint density at radius 3 is 1.92 bits per heavy atom. The van der Waals surface area contributed by atoms with E-state index in [-0.39, 0.29) is 62.3 Å². The van der Waals surface area contributed by atoms with Crippen molar-refractivity contribution in [3.8, 4) is 0 Å². The molecule has 1 aliphatic carbocycles. The van der Waals surface area contributed by atoms with Crippen molar-refractivity contribution < 1.29 is 117 Å². The summed E-state index contributed by atoms with van der Waals surface area (Å²) >= 11 is 0. The van der Waals surface area contributed by atoms with E-state index in [0.717, 1.165) is 4.90 Å². The minimum Gasteiger partial charge on any atom is -0.476 e. The first-order valence-electron chi connectivity index (χ1n) is 39.8. The molecule has 0 bridgehead atoms. The van der Waals surface area contributed by atoms with Crippen molar-refractivity contribution in [3.63, 3.8) is 0 Å². The molecule has 38 nitrogen and oxygen atoms in total. The molecule has 3 heterocycles. The first-order valence-corrected chi connectivity index (χ1v) is 39.8. The van der Waals surface area contributed by atoms with Crippen LogP contribution in [-0.4, -0.2) is 300 Å². The van der Waals surface area contributed by atoms with Gasteiger partial charge in [0.1, 0.15) is 67.3 Å². The number of likely N-dealkylation sites (N-methyl/N-ethyl adjacent to an activating group) is 2. The molecular formula is C79H124N14O24. The second kappa shape index (κ2) is 45.6. The number of fused-ring (bicyclic) bond motifs is 1. The molecule has 2 aromatic rings. The van der Waals surface area contributed by atoms with Crippen LogP contribution in [0.3, 0.4) is 0 Å². The number of rotatable bonds is 42. The fraction of sp³-hybridized carbons (Fsp3) is 0.684. The Balaban J connectivity index is 0.983. The molecule has 13 amide bonds. The number of aliphatic imine (C=N–C) groups is 1. The van der Waals surface area contributed by atoms with E-state index >= 15 is 0 Å². The molecule has 3 aliphatic heterocycles. The average molecular weight is 1650 g/mol. The number of primary amides is 1. The fourth-order valence-electron chi connectivity index (χ4n) is 15.1. The molecule has 0 radical (unpaired) electrons. The van der Waals surface area contributed by atoms with Crippen LogP contribution in [0.15, 0.2) is 59.6 Å². The molecule has 654 valence electrons. The van der Waals surface area contributed by atoms with Crippen LogP contribution in [0.25, 0.3) is 0 Å². The summed E-state index contributed by atoms with van der Waals surface area (Å²) in [5.74, 6) is -9.92. The van der Waals surface area contributed by atoms with Crippen LogP contribution in [0, 0.1) is 35.5 Å². The molecule has 38 heteroatoms. The molecular weight excluding hydrogens is 1530 g/mol. The highest BCUT2D eigenvalue weighted by Gasteiger charge is 2.54. The summed E-state index contributed by atoms with van der Waals surface area (Å²) < 4.78 is 34.7. The topological polar surface area (TPSA) is 538 Å². The van der Waals surface area contributed by atoms with Crippen molar-refractivity contribution in [2.75, 3.05) is 73.0 Å². The van der Waals surface area contributed by atoms with Gasteiger partial charge in [0.2, 0.25) is 53.2 Å². The van der Waals surface area contributed by atoms with Crippen LogP contribution in [0.2, 0.25) is 0 Å². The Bertz CT molecular complexity index is 3690. The van der Waals surface area contributed by atoms with Gasteiger partial charge in [-0.3, -0.25) is 52.8 Å². The van der Waals surface area contributed by atoms with Crippen LogP contribution in [0.1, 0.15) is 138 Å². The molecule has 6 rings (SSSR count). The Hall–Kier alpha value is -9.25. The van der Waals surface area contributed by atoms with Gasteiger partial charge < -0.3 is 122 Å². The number of aliphatic hydroxyl groups excluding tert-OH is 6. The maximum absolute atomic E-state index is 14.9. The zero-order valence-electron chi connectivity index (χ0n) is 69.4. The molecule has 22 atom stereocenters. The molecule has 4 aliphatic rings. The lowest BCUT2D eigenvalue weighted by Gasteiger charge is -2.45. The molecule has 117 heavy (non-hydrogen) atoms. The Morgan fingerprint density at radius 1 is 0.701 bits per heavy atom. The highest BCUT2D eigenvalue weighted by molar-refractivity contribution is 5.99. The van der Waals surface area contributed by atoms with E-state index < -0.39 is 231 Å². The monoisotopic (exact) mass is 1650 g/mol. The number of nitrogens with zero attached hydrogens (tertiary/aromatic N) is 4. The Morgan fingerprint density at radius 2 is 1.33 bits per heavy atom. The number of hydrogen-bond acceptors (Lipinski definition) is 25. The summed E-state index contributed by atoms with van der Waals surface area (Å²) in [6.45, 7) is 16.6. The number of aliphatic hydroxyl groups is 6. The van der Waals surface area contributed by atoms with Crippen LogP contribution >= 0.6 is 0 Å². The van der Waals surface area contributed by atoms with Crippen LogP contribution in [0.4, 0.5) is 15.3 Å². The molecule has 1 saturated carbocycles. The highest BCUT2D eigenvalue weighted by atomic mass is 16.7. The molecule has 2 aromatic carbocycles. The number of amides is 13. The number of likely N-dealkylation sites (tertiary alicyclic amines) is 1. The van der Waals surface area contributed by atoms with Crippen molar-refractivity contribution in [2.24, 2.45) is 46.2 Å². The first kappa shape index (κ1) is 96.6. The van der Waals surface area contributed by atoms with Gasteiger partial charge in [-0.05, 0) is 86.0 Å². The molecule has 3 fully saturated rings. The summed E-state index contributed by atoms with van der Waals surface area (Å²) in [4.78, 5) is 172. The summed E-state index contributed by atoms with van der Waals surface area (Å²) in [6, 6.07) is 6.98. The summed E-state index contributed by atoms with van der Waals surface area (Å²) in [6.07, 6.45) is -14.2. The largest absolute Gasteiger partial charge is 0.476 e. The van der Waals surface area contributed by atoms with Crippen molar-refractivity contribution in [1.82, 2.24) is 57.2 Å². The van der Waals surface area contributed by atoms with Gasteiger partial charge in [-0.2, -0.15) is 0 Å². The van der Waals surface area contributed by atoms with Crippen LogP contribution in [-0.2, 0) is 83.0 Å². The van der Waals surface area contributed by atoms with E-state index in [0.29, 0.717) is 42.8 Å². The minimum absolute atomic E-state index is 0.0205. The van der Waals surface area contributed by atoms with Gasteiger partial charge in [-0.1, -0.05) is 111 Å². The number of methoxy groups -OCH3 is 2. The van der Waals surface area contributed by atoms with Crippen LogP contribution in [0.5, 0.6) is 0 Å². The average Bonchev–Trinajstić information content (AvgIpc) is 1.72. The molecule has 17 N–H and O–H groups in total. The van der Waals surface area contributed by atoms with Gasteiger partial charge in [-0.15, -0.1) is 0 Å². The normalized spacial score (nSPS) is 23.8. The van der Waals surface area contributed by atoms with E-state index in [4.69, 9.17) is 34.2 Å². The maximum Gasteiger partial charge on any atom is 0.410 e. The molecule has 2 saturated heterocycles. The number of ether oxygens (including phenoxy) is 6. The van der Waals surface area contributed by atoms with Crippen molar-refractivity contribution >= 4 is 82.8 Å². The standard InChI is InChI=1S/C79H124N14O24/c1-16-42(8)62(53(112-14)33-57(98)93-31-21-25-51(93)68(113-15)43(9)71(104)85-44(10)63(99)47-22-18-17-19-23-47)91(12)76(109)59(40(4)5)90-74(107)61(41(6)7)92(13)79(111)114-38-46-26-28-49(29-27-46)87-72(105)50(24-20-30-81-78(80)110)88-73(106)58(39(2)3)89-56(97)36-83-54(95)34-82-55(96)35-84-75(108)70-66(102)65(101)67(103)77(117-70)116-69-48(37-94)32-52-60(64(69)100)86-45(11)115-52/h17-19,22-23,26-29,39-44,48,50-53,58-70,77,94,99-103H,16,20-21,24-25,30-38H2,1-15H3,(H,82,96)(H,83,95)(H,84,108)(H,85,104)(H,87,105)(H,88,106)(H,89,97)(H,90,107)(H3,80,81,110)/t42-,43+,44+,48?,50?,51+,52-,53+,58-,59-,60?,61-,62-,63+,64+,65-,66-,67?,68+,69+,70?,77+/m0/s1. The predicted octanol–water partition coefficient (Wildman–Crippen LogP) is -1.31. The lowest BCUT2D eigenvalue weighted by Crippen LogP contribution is -2.64. The van der Waals surface area contributed by atoms with E-state index in [1.807, 2.05) is 19.9 Å². The van der Waals surface area contributed by atoms with E-state index in [9.17, 15) is 88.2 Å². The Kier molecular flexibility index (Phi) is 37.7. The lowest BCUT2D eigenvalue weighted by molar-refractivity contribution is -0.317. The maximum atomic E-state index is 14.9. The van der Waals surface area contributed by atoms with E-state index in [1.54, 1.807) is 111 Å². The molecule has 0 aromatic heterocycles. The number of urea groups is 1. The minimum atomic E-state index is -2.03. The number of nitrogens with two attached hydrogens (primary N) is 1. The number of anilines is 1. The van der Waals surface area contributed by atoms with E-state index in [2.05, 4.69) is 52.8 Å². The zero-order chi connectivity index (χ0) is 87.0. The summed E-state index contributed by atoms with van der Waals surface area (Å²) in [5, 5.41) is 87.1. The number of nitrogens with one attached hydrogen (secondary N) is 9. The van der Waals surface area contributed by atoms with Crippen molar-refractivity contribution in [3.05, 3.63) is 65.7 Å². The van der Waals surface area contributed by atoms with Gasteiger partial charge in [0, 0.05) is 66.5 Å². The number of carbonyl (C=O) groups excluding carboxylic acids is 12. The third kappa shape index (κ3) is 26.6. The third-order valence-corrected chi connectivity index (χ3v) is 21.9. The molecule has 0 spiro atoms. The van der Waals surface area contributed by atoms with Crippen LogP contribution < -0.4 is 53.6 Å².